The van der Waals surface area contributed by atoms with Crippen LogP contribution in [0.2, 0.25) is 0 Å². The first-order chi connectivity index (χ1) is 7.66. The molecule has 0 aliphatic carbocycles. The van der Waals surface area contributed by atoms with Crippen molar-refractivity contribution in [3.8, 4) is 11.4 Å². The molecular weight excluding hydrogens is 208 g/mol. The minimum absolute atomic E-state index is 0.0216. The summed E-state index contributed by atoms with van der Waals surface area (Å²) in [6.07, 6.45) is 3.19. The molecule has 0 aliphatic rings. The highest BCUT2D eigenvalue weighted by Crippen LogP contribution is 2.13. The van der Waals surface area contributed by atoms with Gasteiger partial charge >= 0.3 is 0 Å². The van der Waals surface area contributed by atoms with Crippen molar-refractivity contribution in [3.05, 3.63) is 58.9 Å². The molecule has 0 fully saturated rings. The Hall–Kier alpha value is -2.43. The lowest BCUT2D eigenvalue weighted by Gasteiger charge is -1.96. The SMILES string of the molecule is O=[N+]([O-])c1cccc(-[n+]2cccc(O)c2)c1. The lowest BCUT2D eigenvalue weighted by atomic mass is 10.2. The Morgan fingerprint density at radius 1 is 1.25 bits per heavy atom. The molecule has 0 aliphatic heterocycles. The van der Waals surface area contributed by atoms with Gasteiger partial charge in [-0.25, -0.2) is 0 Å². The molecule has 0 bridgehead atoms. The van der Waals surface area contributed by atoms with E-state index in [0.29, 0.717) is 5.69 Å². The quantitative estimate of drug-likeness (QED) is 0.471. The molecule has 80 valence electrons. The average Bonchev–Trinajstić information content (AvgIpc) is 2.29. The number of hydrogen-bond acceptors (Lipinski definition) is 3. The van der Waals surface area contributed by atoms with Crippen molar-refractivity contribution in [1.29, 1.82) is 0 Å². The number of rotatable bonds is 2. The number of aromatic hydroxyl groups is 1. The van der Waals surface area contributed by atoms with Crippen molar-refractivity contribution >= 4 is 5.69 Å². The number of benzene rings is 1. The number of aromatic nitrogens is 1. The topological polar surface area (TPSA) is 67.2 Å². The van der Waals surface area contributed by atoms with E-state index in [1.807, 2.05) is 0 Å². The van der Waals surface area contributed by atoms with Gasteiger partial charge in [-0.3, -0.25) is 10.1 Å². The zero-order valence-electron chi connectivity index (χ0n) is 8.28. The zero-order valence-corrected chi connectivity index (χ0v) is 8.28. The number of hydrogen-bond donors (Lipinski definition) is 1. The van der Waals surface area contributed by atoms with Crippen molar-refractivity contribution in [1.82, 2.24) is 0 Å². The second kappa shape index (κ2) is 3.98. The lowest BCUT2D eigenvalue weighted by molar-refractivity contribution is -0.596. The molecule has 1 aromatic carbocycles. The van der Waals surface area contributed by atoms with Crippen LogP contribution in [-0.2, 0) is 0 Å². The molecule has 0 radical (unpaired) electrons. The third-order valence-corrected chi connectivity index (χ3v) is 2.12. The zero-order chi connectivity index (χ0) is 11.5. The lowest BCUT2D eigenvalue weighted by Crippen LogP contribution is -2.28. The summed E-state index contributed by atoms with van der Waals surface area (Å²) in [5.74, 6) is 0.106. The van der Waals surface area contributed by atoms with Crippen molar-refractivity contribution in [2.75, 3.05) is 0 Å². The van der Waals surface area contributed by atoms with Gasteiger partial charge in [0, 0.05) is 18.2 Å². The van der Waals surface area contributed by atoms with Gasteiger partial charge in [0.25, 0.3) is 5.69 Å². The predicted molar refractivity (Wildman–Crippen MR) is 56.3 cm³/mol. The maximum Gasteiger partial charge on any atom is 0.276 e. The number of pyridine rings is 1. The second-order valence-electron chi connectivity index (χ2n) is 3.25. The van der Waals surface area contributed by atoms with Gasteiger partial charge in [-0.05, 0) is 12.1 Å². The Balaban J connectivity index is 2.48. The van der Waals surface area contributed by atoms with E-state index in [1.54, 1.807) is 29.0 Å². The molecule has 0 amide bonds. The summed E-state index contributed by atoms with van der Waals surface area (Å²) >= 11 is 0. The fourth-order valence-electron chi connectivity index (χ4n) is 1.39. The molecule has 0 spiro atoms. The summed E-state index contributed by atoms with van der Waals surface area (Å²) in [4.78, 5) is 10.1. The van der Waals surface area contributed by atoms with Crippen molar-refractivity contribution in [2.24, 2.45) is 0 Å². The van der Waals surface area contributed by atoms with E-state index in [-0.39, 0.29) is 11.4 Å². The standard InChI is InChI=1S/C11H8N2O3/c14-11-5-2-6-12(8-11)9-3-1-4-10(7-9)13(15)16/h1-8H/p+1. The molecule has 2 rings (SSSR count). The number of nitrogens with zero attached hydrogens (tertiary/aromatic N) is 2. The normalized spacial score (nSPS) is 10.0. The van der Waals surface area contributed by atoms with Crippen LogP contribution >= 0.6 is 0 Å². The van der Waals surface area contributed by atoms with Gasteiger partial charge in [0.05, 0.1) is 11.0 Å². The molecule has 0 unspecified atom stereocenters. The summed E-state index contributed by atoms with van der Waals surface area (Å²) in [6, 6.07) is 9.39. The minimum Gasteiger partial charge on any atom is -0.503 e. The molecule has 5 nitrogen and oxygen atoms in total. The van der Waals surface area contributed by atoms with Crippen LogP contribution in [-0.4, -0.2) is 10.0 Å². The maximum absolute atomic E-state index is 10.6. The van der Waals surface area contributed by atoms with Gasteiger partial charge < -0.3 is 5.11 Å². The summed E-state index contributed by atoms with van der Waals surface area (Å²) in [5, 5.41) is 19.9. The Labute approximate surface area is 91.4 Å². The summed E-state index contributed by atoms with van der Waals surface area (Å²) in [5.41, 5.74) is 0.651. The molecular formula is C11H9N2O3+. The van der Waals surface area contributed by atoms with E-state index >= 15 is 0 Å². The molecule has 0 saturated heterocycles. The second-order valence-corrected chi connectivity index (χ2v) is 3.25. The minimum atomic E-state index is -0.452. The molecule has 16 heavy (non-hydrogen) atoms. The molecule has 0 saturated carbocycles. The third kappa shape index (κ3) is 1.98. The van der Waals surface area contributed by atoms with Crippen LogP contribution in [0.3, 0.4) is 0 Å². The Morgan fingerprint density at radius 3 is 2.75 bits per heavy atom. The van der Waals surface area contributed by atoms with Crippen LogP contribution in [0.25, 0.3) is 5.69 Å². The predicted octanol–water partition coefficient (Wildman–Crippen LogP) is 1.58. The number of nitro groups is 1. The molecule has 0 atom stereocenters. The van der Waals surface area contributed by atoms with E-state index in [0.717, 1.165) is 0 Å². The maximum atomic E-state index is 10.6. The van der Waals surface area contributed by atoms with Crippen LogP contribution in [0.5, 0.6) is 5.75 Å². The van der Waals surface area contributed by atoms with Crippen molar-refractivity contribution in [3.63, 3.8) is 0 Å². The first-order valence-electron chi connectivity index (χ1n) is 4.62. The van der Waals surface area contributed by atoms with Gasteiger partial charge in [-0.1, -0.05) is 0 Å². The van der Waals surface area contributed by atoms with Gasteiger partial charge in [-0.15, -0.1) is 0 Å². The van der Waals surface area contributed by atoms with E-state index in [4.69, 9.17) is 0 Å². The van der Waals surface area contributed by atoms with Gasteiger partial charge in [-0.2, -0.15) is 4.57 Å². The van der Waals surface area contributed by atoms with Gasteiger partial charge in [0.1, 0.15) is 0 Å². The van der Waals surface area contributed by atoms with Crippen LogP contribution in [0, 0.1) is 10.1 Å². The smallest absolute Gasteiger partial charge is 0.276 e. The number of nitro benzene ring substituents is 1. The fraction of sp³-hybridized carbons (Fsp3) is 0. The highest BCUT2D eigenvalue weighted by molar-refractivity contribution is 5.38. The Bertz CT molecular complexity index is 540. The van der Waals surface area contributed by atoms with E-state index in [9.17, 15) is 15.2 Å². The van der Waals surface area contributed by atoms with Gasteiger partial charge in [0.15, 0.2) is 11.9 Å². The van der Waals surface area contributed by atoms with E-state index in [2.05, 4.69) is 0 Å². The molecule has 1 N–H and O–H groups in total. The molecule has 2 aromatic rings. The average molecular weight is 217 g/mol. The Kier molecular flexibility index (Phi) is 2.51. The third-order valence-electron chi connectivity index (χ3n) is 2.12. The summed E-state index contributed by atoms with van der Waals surface area (Å²) < 4.78 is 1.61. The number of non-ortho nitro benzene ring substituents is 1. The van der Waals surface area contributed by atoms with Crippen LogP contribution in [0.4, 0.5) is 5.69 Å². The van der Waals surface area contributed by atoms with Gasteiger partial charge in [0.2, 0.25) is 11.9 Å². The first-order valence-corrected chi connectivity index (χ1v) is 4.62. The molecule has 1 aromatic heterocycles. The van der Waals surface area contributed by atoms with E-state index < -0.39 is 4.92 Å². The largest absolute Gasteiger partial charge is 0.503 e. The first kappa shape index (κ1) is 10.1. The Morgan fingerprint density at radius 2 is 2.06 bits per heavy atom. The molecule has 1 heterocycles. The van der Waals surface area contributed by atoms with Crippen LogP contribution in [0.1, 0.15) is 0 Å². The molecule has 5 heteroatoms. The van der Waals surface area contributed by atoms with Crippen molar-refractivity contribution in [2.45, 2.75) is 0 Å². The fourth-order valence-corrected chi connectivity index (χ4v) is 1.39. The van der Waals surface area contributed by atoms with Crippen LogP contribution < -0.4 is 4.57 Å². The highest BCUT2D eigenvalue weighted by Gasteiger charge is 2.12. The van der Waals surface area contributed by atoms with Crippen molar-refractivity contribution < 1.29 is 14.6 Å². The van der Waals surface area contributed by atoms with Crippen LogP contribution in [0.15, 0.2) is 48.8 Å². The summed E-state index contributed by atoms with van der Waals surface area (Å²) in [7, 11) is 0. The monoisotopic (exact) mass is 217 g/mol. The van der Waals surface area contributed by atoms with E-state index in [1.165, 1.54) is 24.4 Å². The summed E-state index contributed by atoms with van der Waals surface area (Å²) in [6.45, 7) is 0. The highest BCUT2D eigenvalue weighted by atomic mass is 16.6.